The molecule has 0 radical (unpaired) electrons. The molecule has 0 aromatic carbocycles. The van der Waals surface area contributed by atoms with Gasteiger partial charge in [-0.05, 0) is 23.0 Å². The molecule has 2 aromatic rings. The minimum absolute atomic E-state index is 0.0121. The molecule has 0 spiro atoms. The number of hydrogen-bond donors (Lipinski definition) is 1. The quantitative estimate of drug-likeness (QED) is 0.794. The van der Waals surface area contributed by atoms with E-state index in [-0.39, 0.29) is 17.2 Å². The second kappa shape index (κ2) is 3.90. The zero-order valence-corrected chi connectivity index (χ0v) is 10.3. The molecule has 3 heterocycles. The van der Waals surface area contributed by atoms with Gasteiger partial charge >= 0.3 is 0 Å². The number of amides is 1. The molecule has 0 saturated carbocycles. The Morgan fingerprint density at radius 3 is 3.06 bits per heavy atom. The number of nitrogens with two attached hydrogens (primary N) is 1. The van der Waals surface area contributed by atoms with E-state index < -0.39 is 0 Å². The van der Waals surface area contributed by atoms with Crippen LogP contribution in [0.25, 0.3) is 10.2 Å². The van der Waals surface area contributed by atoms with Gasteiger partial charge in [-0.3, -0.25) is 9.69 Å². The Labute approximate surface area is 106 Å². The van der Waals surface area contributed by atoms with Crippen molar-refractivity contribution in [3.63, 3.8) is 0 Å². The van der Waals surface area contributed by atoms with Crippen molar-refractivity contribution in [1.29, 1.82) is 0 Å². The molecule has 7 heteroatoms. The molecular weight excluding hydrogens is 260 g/mol. The zero-order valence-electron chi connectivity index (χ0n) is 8.76. The highest BCUT2D eigenvalue weighted by Gasteiger charge is 2.30. The third-order valence-electron chi connectivity index (χ3n) is 2.67. The van der Waals surface area contributed by atoms with Gasteiger partial charge in [-0.15, -0.1) is 11.3 Å². The highest BCUT2D eigenvalue weighted by atomic mass is 35.5. The molecule has 1 amide bonds. The van der Waals surface area contributed by atoms with Crippen molar-refractivity contribution < 1.29 is 4.79 Å². The number of rotatable bonds is 1. The molecule has 1 fully saturated rings. The fourth-order valence-electron chi connectivity index (χ4n) is 1.94. The molecule has 1 aliphatic heterocycles. The maximum atomic E-state index is 11.8. The molecule has 0 aliphatic carbocycles. The van der Waals surface area contributed by atoms with E-state index in [0.29, 0.717) is 18.8 Å². The molecule has 0 bridgehead atoms. The van der Waals surface area contributed by atoms with E-state index in [1.165, 1.54) is 11.3 Å². The summed E-state index contributed by atoms with van der Waals surface area (Å²) in [6.07, 6.45) is 0.356. The highest BCUT2D eigenvalue weighted by molar-refractivity contribution is 7.17. The minimum atomic E-state index is -0.133. The van der Waals surface area contributed by atoms with Gasteiger partial charge in [0.1, 0.15) is 0 Å². The maximum Gasteiger partial charge on any atom is 0.229 e. The molecule has 1 aliphatic rings. The third-order valence-corrected chi connectivity index (χ3v) is 3.74. The summed E-state index contributed by atoms with van der Waals surface area (Å²) in [5, 5.41) is 2.05. The standard InChI is InChI=1S/C10H9ClN4OS/c11-10-13-6-1-2-17-8(6)9(14-10)15-4-5(12)3-7(15)16/h1-2,5H,3-4,12H2. The number of carbonyl (C=O) groups is 1. The lowest BCUT2D eigenvalue weighted by Crippen LogP contribution is -2.28. The Morgan fingerprint density at radius 2 is 2.35 bits per heavy atom. The molecule has 2 N–H and O–H groups in total. The van der Waals surface area contributed by atoms with Gasteiger partial charge in [0.25, 0.3) is 0 Å². The first kappa shape index (κ1) is 10.9. The topological polar surface area (TPSA) is 72.1 Å². The van der Waals surface area contributed by atoms with Crippen LogP contribution in [0.15, 0.2) is 11.4 Å². The molecule has 5 nitrogen and oxygen atoms in total. The van der Waals surface area contributed by atoms with Crippen molar-refractivity contribution in [2.45, 2.75) is 12.5 Å². The van der Waals surface area contributed by atoms with E-state index in [9.17, 15) is 4.79 Å². The first-order chi connectivity index (χ1) is 8.15. The summed E-state index contributed by atoms with van der Waals surface area (Å²) in [5.41, 5.74) is 6.54. The molecule has 1 atom stereocenters. The Morgan fingerprint density at radius 1 is 1.53 bits per heavy atom. The Balaban J connectivity index is 2.16. The molecule has 1 saturated heterocycles. The number of anilines is 1. The molecule has 17 heavy (non-hydrogen) atoms. The van der Waals surface area contributed by atoms with Crippen LogP contribution in [-0.4, -0.2) is 28.5 Å². The van der Waals surface area contributed by atoms with Gasteiger partial charge in [-0.25, -0.2) is 4.98 Å². The minimum Gasteiger partial charge on any atom is -0.326 e. The van der Waals surface area contributed by atoms with E-state index >= 15 is 0 Å². The van der Waals surface area contributed by atoms with Crippen molar-refractivity contribution in [2.75, 3.05) is 11.4 Å². The van der Waals surface area contributed by atoms with Crippen LogP contribution in [0, 0.1) is 0 Å². The number of hydrogen-bond acceptors (Lipinski definition) is 5. The Hall–Kier alpha value is -1.24. The Kier molecular flexibility index (Phi) is 2.50. The summed E-state index contributed by atoms with van der Waals surface area (Å²) in [5.74, 6) is 0.565. The summed E-state index contributed by atoms with van der Waals surface area (Å²) in [7, 11) is 0. The van der Waals surface area contributed by atoms with Crippen LogP contribution in [0.5, 0.6) is 0 Å². The normalized spacial score (nSPS) is 20.5. The van der Waals surface area contributed by atoms with Gasteiger partial charge in [0.15, 0.2) is 5.82 Å². The van der Waals surface area contributed by atoms with Gasteiger partial charge in [0, 0.05) is 19.0 Å². The largest absolute Gasteiger partial charge is 0.326 e. The summed E-state index contributed by atoms with van der Waals surface area (Å²) < 4.78 is 0.872. The first-order valence-corrected chi connectivity index (χ1v) is 6.37. The zero-order chi connectivity index (χ0) is 12.0. The van der Waals surface area contributed by atoms with Gasteiger partial charge in [0.2, 0.25) is 11.2 Å². The van der Waals surface area contributed by atoms with Crippen LogP contribution in [0.2, 0.25) is 5.28 Å². The average Bonchev–Trinajstić information content (AvgIpc) is 2.83. The van der Waals surface area contributed by atoms with Crippen LogP contribution < -0.4 is 10.6 Å². The van der Waals surface area contributed by atoms with Crippen molar-refractivity contribution in [3.8, 4) is 0 Å². The van der Waals surface area contributed by atoms with Crippen LogP contribution in [0.3, 0.4) is 0 Å². The van der Waals surface area contributed by atoms with Crippen LogP contribution in [0.4, 0.5) is 5.82 Å². The summed E-state index contributed by atoms with van der Waals surface area (Å²) in [6, 6.07) is 1.73. The number of fused-ring (bicyclic) bond motifs is 1. The Bertz CT molecular complexity index is 599. The van der Waals surface area contributed by atoms with Crippen LogP contribution >= 0.6 is 22.9 Å². The van der Waals surface area contributed by atoms with Crippen LogP contribution in [0.1, 0.15) is 6.42 Å². The number of aromatic nitrogens is 2. The van der Waals surface area contributed by atoms with Gasteiger partial charge in [0.05, 0.1) is 10.2 Å². The third kappa shape index (κ3) is 1.78. The van der Waals surface area contributed by atoms with Crippen molar-refractivity contribution in [2.24, 2.45) is 5.73 Å². The van der Waals surface area contributed by atoms with E-state index in [2.05, 4.69) is 9.97 Å². The maximum absolute atomic E-state index is 11.8. The smallest absolute Gasteiger partial charge is 0.229 e. The van der Waals surface area contributed by atoms with Gasteiger partial charge in [-0.1, -0.05) is 0 Å². The summed E-state index contributed by atoms with van der Waals surface area (Å²) >= 11 is 7.35. The number of thiophene rings is 1. The average molecular weight is 269 g/mol. The van der Waals surface area contributed by atoms with Crippen molar-refractivity contribution >= 4 is 44.9 Å². The fourth-order valence-corrected chi connectivity index (χ4v) is 2.94. The number of halogens is 1. The van der Waals surface area contributed by atoms with E-state index in [1.54, 1.807) is 4.90 Å². The molecule has 88 valence electrons. The first-order valence-electron chi connectivity index (χ1n) is 5.12. The van der Waals surface area contributed by atoms with Gasteiger partial charge in [-0.2, -0.15) is 4.98 Å². The molecule has 3 rings (SSSR count). The molecule has 2 aromatic heterocycles. The monoisotopic (exact) mass is 268 g/mol. The molecular formula is C10H9ClN4OS. The predicted octanol–water partition coefficient (Wildman–Crippen LogP) is 1.41. The van der Waals surface area contributed by atoms with Crippen molar-refractivity contribution in [3.05, 3.63) is 16.7 Å². The fraction of sp³-hybridized carbons (Fsp3) is 0.300. The second-order valence-corrected chi connectivity index (χ2v) is 5.17. The second-order valence-electron chi connectivity index (χ2n) is 3.92. The lowest BCUT2D eigenvalue weighted by molar-refractivity contribution is -0.117. The number of nitrogens with zero attached hydrogens (tertiary/aromatic N) is 3. The summed E-state index contributed by atoms with van der Waals surface area (Å²) in [4.78, 5) is 21.7. The lowest BCUT2D eigenvalue weighted by atomic mass is 10.3. The van der Waals surface area contributed by atoms with E-state index in [1.807, 2.05) is 11.4 Å². The molecule has 1 unspecified atom stereocenters. The van der Waals surface area contributed by atoms with Crippen molar-refractivity contribution in [1.82, 2.24) is 9.97 Å². The predicted molar refractivity (Wildman–Crippen MR) is 67.4 cm³/mol. The highest BCUT2D eigenvalue weighted by Crippen LogP contribution is 2.31. The van der Waals surface area contributed by atoms with Gasteiger partial charge < -0.3 is 5.73 Å². The SMILES string of the molecule is NC1CC(=O)N(c2nc(Cl)nc3ccsc23)C1. The number of carbonyl (C=O) groups excluding carboxylic acids is 1. The lowest BCUT2D eigenvalue weighted by Gasteiger charge is -2.15. The van der Waals surface area contributed by atoms with E-state index in [4.69, 9.17) is 17.3 Å². The summed E-state index contributed by atoms with van der Waals surface area (Å²) in [6.45, 7) is 0.485. The van der Waals surface area contributed by atoms with E-state index in [0.717, 1.165) is 10.2 Å². The van der Waals surface area contributed by atoms with Crippen LogP contribution in [-0.2, 0) is 4.79 Å².